The number of benzene rings is 2. The van der Waals surface area contributed by atoms with Gasteiger partial charge < -0.3 is 19.3 Å². The van der Waals surface area contributed by atoms with Crippen LogP contribution in [-0.4, -0.2) is 79.7 Å². The molecule has 2 aliphatic heterocycles. The van der Waals surface area contributed by atoms with E-state index >= 15 is 0 Å². The molecule has 2 aliphatic rings. The Morgan fingerprint density at radius 1 is 0.906 bits per heavy atom. The maximum absolute atomic E-state index is 11.1. The van der Waals surface area contributed by atoms with Crippen molar-refractivity contribution in [1.29, 1.82) is 0 Å². The van der Waals surface area contributed by atoms with Gasteiger partial charge in [0.1, 0.15) is 30.3 Å². The maximum Gasteiger partial charge on any atom is 0.134 e. The second kappa shape index (κ2) is 11.3. The normalized spacial score (nSPS) is 22.6. The predicted molar refractivity (Wildman–Crippen MR) is 126 cm³/mol. The number of ether oxygens (including phenoxy) is 3. The van der Waals surface area contributed by atoms with Crippen LogP contribution in [0.15, 0.2) is 48.5 Å². The summed E-state index contributed by atoms with van der Waals surface area (Å²) >= 11 is 5.93. The van der Waals surface area contributed by atoms with Crippen molar-refractivity contribution >= 4 is 11.6 Å². The Morgan fingerprint density at radius 3 is 2.34 bits per heavy atom. The fourth-order valence-corrected chi connectivity index (χ4v) is 4.34. The predicted octanol–water partition coefficient (Wildman–Crippen LogP) is 3.46. The molecule has 7 heteroatoms. The number of aliphatic hydroxyl groups is 1. The minimum atomic E-state index is -1.07. The van der Waals surface area contributed by atoms with Gasteiger partial charge in [-0.2, -0.15) is 0 Å². The van der Waals surface area contributed by atoms with E-state index in [9.17, 15) is 5.11 Å². The zero-order valence-electron chi connectivity index (χ0n) is 18.5. The van der Waals surface area contributed by atoms with Crippen molar-refractivity contribution in [3.8, 4) is 11.5 Å². The third-order valence-corrected chi connectivity index (χ3v) is 6.22. The van der Waals surface area contributed by atoms with E-state index in [0.717, 1.165) is 32.0 Å². The van der Waals surface area contributed by atoms with E-state index in [0.29, 0.717) is 23.9 Å². The molecule has 1 atom stereocenters. The lowest BCUT2D eigenvalue weighted by atomic mass is 10.1. The zero-order valence-corrected chi connectivity index (χ0v) is 19.3. The van der Waals surface area contributed by atoms with Gasteiger partial charge in [0, 0.05) is 31.2 Å². The Balaban J connectivity index is 1.26. The summed E-state index contributed by atoms with van der Waals surface area (Å²) in [6.07, 6.45) is 2.61. The quantitative estimate of drug-likeness (QED) is 0.618. The lowest BCUT2D eigenvalue weighted by Crippen LogP contribution is -2.48. The second-order valence-electron chi connectivity index (χ2n) is 8.77. The van der Waals surface area contributed by atoms with Crippen LogP contribution in [0.5, 0.6) is 11.5 Å². The molecular formula is C25H33ClN2O4. The van der Waals surface area contributed by atoms with Crippen LogP contribution in [0.4, 0.5) is 0 Å². The molecule has 0 bridgehead atoms. The lowest BCUT2D eigenvalue weighted by molar-refractivity contribution is -0.0646. The number of likely N-dealkylation sites (tertiary alicyclic amines) is 1. The van der Waals surface area contributed by atoms with Gasteiger partial charge in [-0.3, -0.25) is 9.80 Å². The second-order valence-corrected chi connectivity index (χ2v) is 9.21. The average Bonchev–Trinajstić information content (AvgIpc) is 3.24. The Kier molecular flexibility index (Phi) is 8.27. The van der Waals surface area contributed by atoms with Crippen molar-refractivity contribution in [2.24, 2.45) is 0 Å². The van der Waals surface area contributed by atoms with Crippen LogP contribution in [-0.2, 0) is 11.3 Å². The lowest BCUT2D eigenvalue weighted by Gasteiger charge is -2.30. The van der Waals surface area contributed by atoms with E-state index in [1.54, 1.807) is 24.3 Å². The molecule has 0 radical (unpaired) electrons. The fourth-order valence-electron chi connectivity index (χ4n) is 4.22. The van der Waals surface area contributed by atoms with Crippen LogP contribution < -0.4 is 9.47 Å². The molecule has 4 rings (SSSR count). The molecule has 1 unspecified atom stereocenters. The van der Waals surface area contributed by atoms with Gasteiger partial charge in [0.25, 0.3) is 0 Å². The van der Waals surface area contributed by atoms with E-state index in [2.05, 4.69) is 21.9 Å². The van der Waals surface area contributed by atoms with Crippen molar-refractivity contribution in [2.75, 3.05) is 59.2 Å². The first kappa shape index (κ1) is 23.3. The number of β-amino-alcohol motifs (C(OH)–C–C–N with tert-alkyl or cyclic N) is 1. The summed E-state index contributed by atoms with van der Waals surface area (Å²) in [5.41, 5.74) is 0.106. The number of hydrogen-bond donors (Lipinski definition) is 1. The summed E-state index contributed by atoms with van der Waals surface area (Å²) < 4.78 is 17.4. The van der Waals surface area contributed by atoms with Crippen LogP contribution in [0.3, 0.4) is 0 Å². The van der Waals surface area contributed by atoms with E-state index in [1.807, 2.05) is 12.1 Å². The molecule has 32 heavy (non-hydrogen) atoms. The van der Waals surface area contributed by atoms with Crippen LogP contribution in [0, 0.1) is 0 Å². The van der Waals surface area contributed by atoms with Crippen LogP contribution in [0.1, 0.15) is 18.4 Å². The van der Waals surface area contributed by atoms with Crippen LogP contribution >= 0.6 is 11.6 Å². The van der Waals surface area contributed by atoms with Crippen molar-refractivity contribution in [1.82, 2.24) is 9.80 Å². The Hall–Kier alpha value is -1.83. The molecule has 1 N–H and O–H groups in total. The van der Waals surface area contributed by atoms with E-state index in [4.69, 9.17) is 25.8 Å². The molecule has 2 fully saturated rings. The van der Waals surface area contributed by atoms with Gasteiger partial charge in [-0.25, -0.2) is 0 Å². The highest BCUT2D eigenvalue weighted by Gasteiger charge is 2.33. The monoisotopic (exact) mass is 460 g/mol. The molecular weight excluding hydrogens is 428 g/mol. The highest BCUT2D eigenvalue weighted by molar-refractivity contribution is 6.30. The molecule has 2 aromatic carbocycles. The van der Waals surface area contributed by atoms with Gasteiger partial charge in [0.2, 0.25) is 0 Å². The molecule has 6 nitrogen and oxygen atoms in total. The number of hydrogen-bond acceptors (Lipinski definition) is 6. The van der Waals surface area contributed by atoms with Crippen molar-refractivity contribution in [3.63, 3.8) is 0 Å². The summed E-state index contributed by atoms with van der Waals surface area (Å²) in [5, 5.41) is 11.8. The molecule has 2 heterocycles. The molecule has 0 aromatic heterocycles. The summed E-state index contributed by atoms with van der Waals surface area (Å²) in [7, 11) is 0. The number of halogens is 1. The Bertz CT molecular complexity index is 827. The Labute approximate surface area is 195 Å². The van der Waals surface area contributed by atoms with Crippen LogP contribution in [0.2, 0.25) is 5.02 Å². The van der Waals surface area contributed by atoms with Gasteiger partial charge >= 0.3 is 0 Å². The summed E-state index contributed by atoms with van der Waals surface area (Å²) in [6.45, 7) is 7.08. The fraction of sp³-hybridized carbons (Fsp3) is 0.520. The first-order valence-corrected chi connectivity index (χ1v) is 11.8. The third kappa shape index (κ3) is 7.09. The summed E-state index contributed by atoms with van der Waals surface area (Å²) in [6, 6.07) is 15.4. The highest BCUT2D eigenvalue weighted by Crippen LogP contribution is 2.21. The standard InChI is InChI=1S/C25H33ClN2O4/c26-22-5-9-24(10-6-22)32-20-25(29)18-28(13-15-30-19-25)17-21-3-7-23(8-4-21)31-16-14-27-11-1-2-12-27/h3-10,29H,1-2,11-20H2. The highest BCUT2D eigenvalue weighted by atomic mass is 35.5. The van der Waals surface area contributed by atoms with Gasteiger partial charge in [-0.1, -0.05) is 23.7 Å². The van der Waals surface area contributed by atoms with E-state index in [-0.39, 0.29) is 13.2 Å². The van der Waals surface area contributed by atoms with Crippen molar-refractivity contribution in [2.45, 2.75) is 25.0 Å². The Morgan fingerprint density at radius 2 is 1.59 bits per heavy atom. The van der Waals surface area contributed by atoms with E-state index < -0.39 is 5.60 Å². The van der Waals surface area contributed by atoms with Gasteiger partial charge in [0.15, 0.2) is 0 Å². The first-order valence-electron chi connectivity index (χ1n) is 11.4. The SMILES string of the molecule is OC1(COc2ccc(Cl)cc2)COCCN(Cc2ccc(OCCN3CCCC3)cc2)C1. The summed E-state index contributed by atoms with van der Waals surface area (Å²) in [4.78, 5) is 4.66. The maximum atomic E-state index is 11.1. The van der Waals surface area contributed by atoms with Crippen LogP contribution in [0.25, 0.3) is 0 Å². The number of rotatable bonds is 9. The minimum Gasteiger partial charge on any atom is -0.492 e. The molecule has 2 saturated heterocycles. The minimum absolute atomic E-state index is 0.162. The smallest absolute Gasteiger partial charge is 0.134 e. The molecule has 0 amide bonds. The number of nitrogens with zero attached hydrogens (tertiary/aromatic N) is 2. The average molecular weight is 461 g/mol. The van der Waals surface area contributed by atoms with Gasteiger partial charge in [-0.05, 0) is 67.9 Å². The topological polar surface area (TPSA) is 54.4 Å². The van der Waals surface area contributed by atoms with E-state index in [1.165, 1.54) is 31.5 Å². The first-order chi connectivity index (χ1) is 15.6. The molecule has 0 spiro atoms. The van der Waals surface area contributed by atoms with Gasteiger partial charge in [0.05, 0.1) is 13.2 Å². The molecule has 0 saturated carbocycles. The molecule has 174 valence electrons. The largest absolute Gasteiger partial charge is 0.492 e. The van der Waals surface area contributed by atoms with Gasteiger partial charge in [-0.15, -0.1) is 0 Å². The van der Waals surface area contributed by atoms with Crippen molar-refractivity contribution < 1.29 is 19.3 Å². The molecule has 0 aliphatic carbocycles. The zero-order chi connectivity index (χ0) is 22.2. The summed E-state index contributed by atoms with van der Waals surface area (Å²) in [5.74, 6) is 1.58. The molecule has 2 aromatic rings. The third-order valence-electron chi connectivity index (χ3n) is 5.97. The van der Waals surface area contributed by atoms with Crippen molar-refractivity contribution in [3.05, 3.63) is 59.1 Å².